The number of rotatable bonds is 11. The molecule has 0 spiro atoms. The lowest BCUT2D eigenvalue weighted by atomic mass is 10.1. The fourth-order valence-corrected chi connectivity index (χ4v) is 6.20. The molecule has 0 bridgehead atoms. The van der Waals surface area contributed by atoms with Gasteiger partial charge < -0.3 is 36.1 Å². The zero-order valence-corrected chi connectivity index (χ0v) is 32.7. The van der Waals surface area contributed by atoms with Crippen LogP contribution in [0.3, 0.4) is 0 Å². The number of halogens is 2. The van der Waals surface area contributed by atoms with E-state index < -0.39 is 5.91 Å². The summed E-state index contributed by atoms with van der Waals surface area (Å²) >= 11 is 12.2. The Bertz CT molecular complexity index is 2840. The van der Waals surface area contributed by atoms with E-state index in [0.717, 1.165) is 11.1 Å². The van der Waals surface area contributed by atoms with E-state index in [1.165, 1.54) is 0 Å². The van der Waals surface area contributed by atoms with E-state index >= 15 is 0 Å². The lowest BCUT2D eigenvalue weighted by Gasteiger charge is -2.14. The molecule has 1 amide bonds. The maximum atomic E-state index is 12.1. The van der Waals surface area contributed by atoms with Crippen molar-refractivity contribution in [3.05, 3.63) is 178 Å². The molecule has 6 aromatic carbocycles. The normalized spacial score (nSPS) is 10.6. The van der Waals surface area contributed by atoms with Crippen LogP contribution >= 0.6 is 23.2 Å². The summed E-state index contributed by atoms with van der Waals surface area (Å²) in [7, 11) is 0. The number of carbonyl (C=O) groups excluding carboxylic acids is 1. The van der Waals surface area contributed by atoms with Gasteiger partial charge in [-0.25, -0.2) is 0 Å². The Morgan fingerprint density at radius 1 is 0.593 bits per heavy atom. The molecule has 0 saturated heterocycles. The number of primary amides is 1. The van der Waals surface area contributed by atoms with E-state index in [2.05, 4.69) is 16.0 Å². The second kappa shape index (κ2) is 18.2. The summed E-state index contributed by atoms with van der Waals surface area (Å²) in [5.41, 5.74) is 21.9. The lowest BCUT2D eigenvalue weighted by molar-refractivity contribution is 0.0996. The van der Waals surface area contributed by atoms with Gasteiger partial charge in [-0.05, 0) is 59.7 Å². The SMILES string of the molecule is N#Cc1cc2c(Oc3ccc(N)c(Cl)c3)ccnc2cc1OCc1ccccc1.NC(=O)c1cc2c(Oc3ccc(N)c(Cl)c3)ccnc2cc1OCc1ccccc1. The molecule has 0 aliphatic carbocycles. The molecule has 2 heterocycles. The highest BCUT2D eigenvalue weighted by atomic mass is 35.5. The highest BCUT2D eigenvalue weighted by molar-refractivity contribution is 6.33. The molecule has 0 radical (unpaired) electrons. The van der Waals surface area contributed by atoms with Gasteiger partial charge in [0, 0.05) is 47.4 Å². The lowest BCUT2D eigenvalue weighted by Crippen LogP contribution is -2.13. The molecule has 6 N–H and O–H groups in total. The van der Waals surface area contributed by atoms with E-state index in [1.807, 2.05) is 60.7 Å². The number of nitrogen functional groups attached to an aromatic ring is 2. The van der Waals surface area contributed by atoms with Crippen LogP contribution in [0.15, 0.2) is 146 Å². The highest BCUT2D eigenvalue weighted by Gasteiger charge is 2.16. The molecular formula is C46H34Cl2N6O5. The molecule has 8 aromatic rings. The van der Waals surface area contributed by atoms with Crippen molar-refractivity contribution in [3.8, 4) is 40.6 Å². The van der Waals surface area contributed by atoms with Gasteiger partial charge in [0.05, 0.1) is 43.6 Å². The van der Waals surface area contributed by atoms with Gasteiger partial charge in [-0.15, -0.1) is 0 Å². The van der Waals surface area contributed by atoms with Gasteiger partial charge in [-0.3, -0.25) is 14.8 Å². The van der Waals surface area contributed by atoms with Gasteiger partial charge >= 0.3 is 0 Å². The number of hydrogen-bond donors (Lipinski definition) is 3. The van der Waals surface area contributed by atoms with Crippen molar-refractivity contribution in [1.29, 1.82) is 5.26 Å². The predicted molar refractivity (Wildman–Crippen MR) is 230 cm³/mol. The standard InChI is InChI=1S/C23H18ClN3O3.C23H16ClN3O2/c24-18-10-15(6-7-19(18)25)30-21-8-9-27-20-12-22(17(23(26)28)11-16(20)21)29-13-14-4-2-1-3-5-14;24-19-11-17(6-7-20(19)26)29-22-8-9-27-21-12-23(16(13-25)10-18(21)22)28-14-15-4-2-1-3-5-15/h1-12H,13,25H2,(H2,26,28);1-12H,14,26H2. The summed E-state index contributed by atoms with van der Waals surface area (Å²) < 4.78 is 23.7. The van der Waals surface area contributed by atoms with E-state index in [9.17, 15) is 10.1 Å². The molecule has 59 heavy (non-hydrogen) atoms. The Balaban J connectivity index is 0.000000179. The smallest absolute Gasteiger partial charge is 0.252 e. The number of hydrogen-bond acceptors (Lipinski definition) is 10. The first kappa shape index (κ1) is 39.7. The first-order chi connectivity index (χ1) is 28.6. The van der Waals surface area contributed by atoms with Crippen LogP contribution in [0.25, 0.3) is 21.8 Å². The molecule has 0 aliphatic heterocycles. The fourth-order valence-electron chi connectivity index (χ4n) is 5.86. The minimum atomic E-state index is -0.606. The van der Waals surface area contributed by atoms with Crippen molar-refractivity contribution in [2.45, 2.75) is 13.2 Å². The van der Waals surface area contributed by atoms with Crippen LogP contribution < -0.4 is 36.1 Å². The molecule has 8 rings (SSSR count). The topological polar surface area (TPSA) is 182 Å². The Kier molecular flexibility index (Phi) is 12.2. The molecule has 11 nitrogen and oxygen atoms in total. The molecule has 0 unspecified atom stereocenters. The summed E-state index contributed by atoms with van der Waals surface area (Å²) in [6.07, 6.45) is 3.26. The predicted octanol–water partition coefficient (Wildman–Crippen LogP) is 10.7. The second-order valence-corrected chi connectivity index (χ2v) is 13.8. The van der Waals surface area contributed by atoms with Crippen molar-refractivity contribution in [2.24, 2.45) is 5.73 Å². The van der Waals surface area contributed by atoms with E-state index in [4.69, 9.17) is 59.4 Å². The van der Waals surface area contributed by atoms with Gasteiger partial charge in [0.15, 0.2) is 0 Å². The Morgan fingerprint density at radius 3 is 1.54 bits per heavy atom. The van der Waals surface area contributed by atoms with Gasteiger partial charge in [0.1, 0.15) is 53.8 Å². The number of aromatic nitrogens is 2. The Hall–Kier alpha value is -7.52. The molecule has 0 aliphatic rings. The van der Waals surface area contributed by atoms with E-state index in [0.29, 0.717) is 96.5 Å². The first-order valence-electron chi connectivity index (χ1n) is 18.0. The number of amides is 1. The van der Waals surface area contributed by atoms with Crippen LogP contribution in [0, 0.1) is 11.3 Å². The average Bonchev–Trinajstić information content (AvgIpc) is 3.25. The van der Waals surface area contributed by atoms with Crippen LogP contribution in [0.5, 0.6) is 34.5 Å². The molecule has 0 saturated carbocycles. The molecule has 292 valence electrons. The maximum absolute atomic E-state index is 12.1. The number of benzene rings is 6. The number of pyridine rings is 2. The minimum Gasteiger partial charge on any atom is -0.488 e. The summed E-state index contributed by atoms with van der Waals surface area (Å²) in [4.78, 5) is 20.8. The van der Waals surface area contributed by atoms with Crippen LogP contribution in [0.1, 0.15) is 27.0 Å². The zero-order valence-electron chi connectivity index (χ0n) is 31.1. The summed E-state index contributed by atoms with van der Waals surface area (Å²) in [5, 5.41) is 11.7. The van der Waals surface area contributed by atoms with Gasteiger partial charge in [0.2, 0.25) is 0 Å². The quantitative estimate of drug-likeness (QED) is 0.106. The number of nitriles is 1. The largest absolute Gasteiger partial charge is 0.488 e. The van der Waals surface area contributed by atoms with Crippen molar-refractivity contribution in [2.75, 3.05) is 11.5 Å². The Labute approximate surface area is 349 Å². The van der Waals surface area contributed by atoms with Crippen molar-refractivity contribution >= 4 is 62.3 Å². The number of fused-ring (bicyclic) bond motifs is 2. The van der Waals surface area contributed by atoms with E-state index in [1.54, 1.807) is 85.2 Å². The van der Waals surface area contributed by atoms with Crippen molar-refractivity contribution in [3.63, 3.8) is 0 Å². The number of nitrogens with zero attached hydrogens (tertiary/aromatic N) is 3. The number of nitrogens with two attached hydrogens (primary N) is 3. The van der Waals surface area contributed by atoms with Crippen LogP contribution in [-0.4, -0.2) is 15.9 Å². The van der Waals surface area contributed by atoms with Crippen molar-refractivity contribution < 1.29 is 23.7 Å². The average molecular weight is 822 g/mol. The molecular weight excluding hydrogens is 787 g/mol. The summed E-state index contributed by atoms with van der Waals surface area (Å²) in [6, 6.07) is 41.8. The summed E-state index contributed by atoms with van der Waals surface area (Å²) in [6.45, 7) is 0.661. The minimum absolute atomic E-state index is 0.242. The number of carbonyl (C=O) groups is 1. The molecule has 0 atom stereocenters. The monoisotopic (exact) mass is 820 g/mol. The third-order valence-electron chi connectivity index (χ3n) is 8.87. The van der Waals surface area contributed by atoms with Crippen LogP contribution in [-0.2, 0) is 13.2 Å². The van der Waals surface area contributed by atoms with E-state index in [-0.39, 0.29) is 5.56 Å². The molecule has 13 heteroatoms. The third kappa shape index (κ3) is 9.72. The maximum Gasteiger partial charge on any atom is 0.252 e. The Morgan fingerprint density at radius 2 is 1.07 bits per heavy atom. The van der Waals surface area contributed by atoms with Crippen LogP contribution in [0.2, 0.25) is 10.0 Å². The second-order valence-electron chi connectivity index (χ2n) is 12.9. The van der Waals surface area contributed by atoms with Gasteiger partial charge in [0.25, 0.3) is 5.91 Å². The zero-order chi connectivity index (χ0) is 41.3. The molecule has 2 aromatic heterocycles. The molecule has 0 fully saturated rings. The highest BCUT2D eigenvalue weighted by Crippen LogP contribution is 2.37. The summed E-state index contributed by atoms with van der Waals surface area (Å²) in [5.74, 6) is 2.33. The number of ether oxygens (including phenoxy) is 4. The van der Waals surface area contributed by atoms with Gasteiger partial charge in [-0.1, -0.05) is 83.9 Å². The fraction of sp³-hybridized carbons (Fsp3) is 0.0435. The first-order valence-corrected chi connectivity index (χ1v) is 18.8. The van der Waals surface area contributed by atoms with Gasteiger partial charge in [-0.2, -0.15) is 5.26 Å². The van der Waals surface area contributed by atoms with Crippen LogP contribution in [0.4, 0.5) is 11.4 Å². The third-order valence-corrected chi connectivity index (χ3v) is 9.52. The van der Waals surface area contributed by atoms with Crippen molar-refractivity contribution in [1.82, 2.24) is 9.97 Å². The number of anilines is 2.